The molecule has 25 heavy (non-hydrogen) atoms. The molecule has 0 aromatic heterocycles. The molecule has 0 unspecified atom stereocenters. The highest BCUT2D eigenvalue weighted by Crippen LogP contribution is 2.24. The van der Waals surface area contributed by atoms with E-state index >= 15 is 0 Å². The lowest BCUT2D eigenvalue weighted by Crippen LogP contribution is -2.39. The Bertz CT molecular complexity index is 693. The van der Waals surface area contributed by atoms with E-state index in [4.69, 9.17) is 16.3 Å². The summed E-state index contributed by atoms with van der Waals surface area (Å²) in [5, 5.41) is 3.46. The van der Waals surface area contributed by atoms with Gasteiger partial charge in [0.1, 0.15) is 5.75 Å². The molecule has 0 saturated heterocycles. The Morgan fingerprint density at radius 2 is 1.92 bits per heavy atom. The highest BCUT2D eigenvalue weighted by Gasteiger charge is 2.18. The molecule has 0 radical (unpaired) electrons. The van der Waals surface area contributed by atoms with Crippen molar-refractivity contribution in [3.8, 4) is 5.75 Å². The fourth-order valence-electron chi connectivity index (χ4n) is 2.33. The normalized spacial score (nSPS) is 11.8. The maximum atomic E-state index is 12.3. The molecule has 5 heteroatoms. The Morgan fingerprint density at radius 3 is 2.64 bits per heavy atom. The molecule has 0 bridgehead atoms. The first-order chi connectivity index (χ1) is 12.1. The smallest absolute Gasteiger partial charge is 0.261 e. The van der Waals surface area contributed by atoms with Gasteiger partial charge in [0.05, 0.1) is 5.02 Å². The molecular weight excluding hydrogens is 354 g/mol. The highest BCUT2D eigenvalue weighted by molar-refractivity contribution is 7.98. The number of amides is 1. The largest absolute Gasteiger partial charge is 0.479 e. The summed E-state index contributed by atoms with van der Waals surface area (Å²) in [4.78, 5) is 12.3. The van der Waals surface area contributed by atoms with Crippen LogP contribution in [0.3, 0.4) is 0 Å². The van der Waals surface area contributed by atoms with Gasteiger partial charge in [-0.15, -0.1) is 0 Å². The second kappa shape index (κ2) is 10.4. The zero-order valence-corrected chi connectivity index (χ0v) is 16.2. The third kappa shape index (κ3) is 6.29. The van der Waals surface area contributed by atoms with Crippen LogP contribution in [0.4, 0.5) is 0 Å². The van der Waals surface area contributed by atoms with Crippen LogP contribution >= 0.6 is 23.4 Å². The summed E-state index contributed by atoms with van der Waals surface area (Å²) in [7, 11) is 0. The zero-order valence-electron chi connectivity index (χ0n) is 14.6. The van der Waals surface area contributed by atoms with Gasteiger partial charge in [-0.1, -0.05) is 54.9 Å². The summed E-state index contributed by atoms with van der Waals surface area (Å²) in [6.07, 6.45) is 0.0641. The van der Waals surface area contributed by atoms with Crippen molar-refractivity contribution in [2.45, 2.75) is 32.1 Å². The van der Waals surface area contributed by atoms with Crippen LogP contribution < -0.4 is 10.1 Å². The molecule has 2 aromatic carbocycles. The van der Waals surface area contributed by atoms with Crippen molar-refractivity contribution >= 4 is 29.3 Å². The fraction of sp³-hybridized carbons (Fsp3) is 0.350. The van der Waals surface area contributed by atoms with E-state index < -0.39 is 6.10 Å². The molecule has 0 aliphatic carbocycles. The number of carbonyl (C=O) groups is 1. The van der Waals surface area contributed by atoms with Crippen molar-refractivity contribution in [2.24, 2.45) is 0 Å². The summed E-state index contributed by atoms with van der Waals surface area (Å²) in [5.74, 6) is 2.26. The number of hydrogen-bond donors (Lipinski definition) is 1. The van der Waals surface area contributed by atoms with E-state index in [2.05, 4.69) is 30.4 Å². The van der Waals surface area contributed by atoms with E-state index in [1.807, 2.05) is 36.9 Å². The predicted molar refractivity (Wildman–Crippen MR) is 107 cm³/mol. The minimum Gasteiger partial charge on any atom is -0.479 e. The van der Waals surface area contributed by atoms with E-state index in [0.29, 0.717) is 23.7 Å². The van der Waals surface area contributed by atoms with E-state index in [1.165, 1.54) is 11.1 Å². The number of nitrogens with one attached hydrogen (secondary N) is 1. The van der Waals surface area contributed by atoms with Crippen LogP contribution in [0.5, 0.6) is 5.75 Å². The van der Waals surface area contributed by atoms with Crippen molar-refractivity contribution in [3.63, 3.8) is 0 Å². The molecule has 2 aromatic rings. The van der Waals surface area contributed by atoms with Crippen molar-refractivity contribution in [1.29, 1.82) is 0 Å². The molecule has 0 saturated carbocycles. The average Bonchev–Trinajstić information content (AvgIpc) is 2.62. The van der Waals surface area contributed by atoms with Crippen LogP contribution in [0, 0.1) is 6.92 Å². The van der Waals surface area contributed by atoms with E-state index in [1.54, 1.807) is 12.1 Å². The number of hydrogen-bond acceptors (Lipinski definition) is 3. The Kier molecular flexibility index (Phi) is 8.16. The van der Waals surface area contributed by atoms with Gasteiger partial charge in [-0.3, -0.25) is 4.79 Å². The van der Waals surface area contributed by atoms with E-state index in [9.17, 15) is 4.79 Å². The molecule has 0 aliphatic heterocycles. The van der Waals surface area contributed by atoms with Crippen molar-refractivity contribution < 1.29 is 9.53 Å². The van der Waals surface area contributed by atoms with Crippen LogP contribution in [0.1, 0.15) is 24.5 Å². The van der Waals surface area contributed by atoms with Gasteiger partial charge < -0.3 is 10.1 Å². The summed E-state index contributed by atoms with van der Waals surface area (Å²) in [6.45, 7) is 4.67. The highest BCUT2D eigenvalue weighted by atomic mass is 35.5. The molecule has 1 N–H and O–H groups in total. The summed E-state index contributed by atoms with van der Waals surface area (Å²) in [5.41, 5.74) is 2.64. The summed E-state index contributed by atoms with van der Waals surface area (Å²) in [6, 6.07) is 15.6. The number of thioether (sulfide) groups is 1. The average molecular weight is 378 g/mol. The monoisotopic (exact) mass is 377 g/mol. The topological polar surface area (TPSA) is 38.3 Å². The minimum absolute atomic E-state index is 0.0982. The van der Waals surface area contributed by atoms with E-state index in [0.717, 1.165) is 11.5 Å². The molecule has 1 atom stereocenters. The number of rotatable bonds is 9. The van der Waals surface area contributed by atoms with Gasteiger partial charge >= 0.3 is 0 Å². The molecule has 1 amide bonds. The standard InChI is InChI=1S/C20H24ClNO2S/c1-3-18(24-19-11-7-6-10-17(19)21)20(23)22-12-13-25-14-16-9-5-4-8-15(16)2/h4-11,18H,3,12-14H2,1-2H3,(H,22,23)/t18-/m0/s1. The van der Waals surface area contributed by atoms with E-state index in [-0.39, 0.29) is 5.91 Å². The predicted octanol–water partition coefficient (Wildman–Crippen LogP) is 4.86. The van der Waals surface area contributed by atoms with Gasteiger partial charge in [-0.05, 0) is 36.6 Å². The van der Waals surface area contributed by atoms with Gasteiger partial charge in [0.25, 0.3) is 5.91 Å². The molecule has 3 nitrogen and oxygen atoms in total. The number of aryl methyl sites for hydroxylation is 1. The van der Waals surface area contributed by atoms with Gasteiger partial charge in [0.2, 0.25) is 0 Å². The molecule has 134 valence electrons. The third-order valence-electron chi connectivity index (χ3n) is 3.83. The van der Waals surface area contributed by atoms with Crippen LogP contribution in [-0.2, 0) is 10.5 Å². The second-order valence-electron chi connectivity index (χ2n) is 5.72. The van der Waals surface area contributed by atoms with Gasteiger partial charge in [0.15, 0.2) is 6.10 Å². The minimum atomic E-state index is -0.527. The third-order valence-corrected chi connectivity index (χ3v) is 5.15. The number of carbonyl (C=O) groups excluding carboxylic acids is 1. The van der Waals surface area contributed by atoms with Crippen molar-refractivity contribution in [1.82, 2.24) is 5.32 Å². The van der Waals surface area contributed by atoms with Crippen LogP contribution in [-0.4, -0.2) is 24.3 Å². The summed E-state index contributed by atoms with van der Waals surface area (Å²) >= 11 is 7.90. The number of halogens is 1. The number of ether oxygens (including phenoxy) is 1. The zero-order chi connectivity index (χ0) is 18.1. The first-order valence-corrected chi connectivity index (χ1v) is 9.96. The fourth-order valence-corrected chi connectivity index (χ4v) is 3.45. The molecule has 0 aliphatic rings. The molecule has 2 rings (SSSR count). The second-order valence-corrected chi connectivity index (χ2v) is 7.23. The number of benzene rings is 2. The lowest BCUT2D eigenvalue weighted by Gasteiger charge is -2.18. The summed E-state index contributed by atoms with van der Waals surface area (Å²) < 4.78 is 5.75. The van der Waals surface area contributed by atoms with Crippen LogP contribution in [0.25, 0.3) is 0 Å². The van der Waals surface area contributed by atoms with Crippen LogP contribution in [0.2, 0.25) is 5.02 Å². The molecule has 0 fully saturated rings. The lowest BCUT2D eigenvalue weighted by molar-refractivity contribution is -0.127. The first-order valence-electron chi connectivity index (χ1n) is 8.43. The van der Waals surface area contributed by atoms with Gasteiger partial charge in [0, 0.05) is 18.1 Å². The lowest BCUT2D eigenvalue weighted by atomic mass is 10.1. The Balaban J connectivity index is 1.73. The maximum absolute atomic E-state index is 12.3. The molecule has 0 spiro atoms. The van der Waals surface area contributed by atoms with Gasteiger partial charge in [-0.25, -0.2) is 0 Å². The van der Waals surface area contributed by atoms with Crippen molar-refractivity contribution in [2.75, 3.05) is 12.3 Å². The number of para-hydroxylation sites is 1. The quantitative estimate of drug-likeness (QED) is 0.634. The Labute approximate surface area is 159 Å². The Hall–Kier alpha value is -1.65. The van der Waals surface area contributed by atoms with Crippen LogP contribution in [0.15, 0.2) is 48.5 Å². The first kappa shape index (κ1) is 19.7. The SMILES string of the molecule is CC[C@H](Oc1ccccc1Cl)C(=O)NCCSCc1ccccc1C. The maximum Gasteiger partial charge on any atom is 0.261 e. The van der Waals surface area contributed by atoms with Gasteiger partial charge in [-0.2, -0.15) is 11.8 Å². The Morgan fingerprint density at radius 1 is 1.20 bits per heavy atom. The molecular formula is C20H24ClNO2S. The van der Waals surface area contributed by atoms with Crippen molar-refractivity contribution in [3.05, 3.63) is 64.7 Å². The molecule has 0 heterocycles.